The molecule has 0 aromatic heterocycles. The summed E-state index contributed by atoms with van der Waals surface area (Å²) in [6, 6.07) is 0. The largest absolute Gasteiger partial charge is 0.465 e. The Kier molecular flexibility index (Phi) is 5.09. The van der Waals surface area contributed by atoms with Gasteiger partial charge in [-0.15, -0.1) is 0 Å². The van der Waals surface area contributed by atoms with Crippen LogP contribution in [0.2, 0.25) is 0 Å². The third-order valence-electron chi connectivity index (χ3n) is 7.07. The second-order valence-corrected chi connectivity index (χ2v) is 9.44. The molecule has 2 aliphatic carbocycles. The average molecular weight is 394 g/mol. The van der Waals surface area contributed by atoms with Crippen molar-refractivity contribution in [1.82, 2.24) is 0 Å². The van der Waals surface area contributed by atoms with Crippen molar-refractivity contribution >= 4 is 23.7 Å². The Labute approximate surface area is 165 Å². The highest BCUT2D eigenvalue weighted by Gasteiger charge is 2.76. The van der Waals surface area contributed by atoms with Crippen LogP contribution in [0.1, 0.15) is 60.3 Å². The molecule has 5 atom stereocenters. The van der Waals surface area contributed by atoms with Crippen LogP contribution in [0.3, 0.4) is 0 Å². The van der Waals surface area contributed by atoms with Gasteiger partial charge in [0.1, 0.15) is 17.8 Å². The first kappa shape index (κ1) is 20.8. The van der Waals surface area contributed by atoms with E-state index in [2.05, 4.69) is 20.8 Å². The Bertz CT molecular complexity index is 706. The summed E-state index contributed by atoms with van der Waals surface area (Å²) in [5.41, 5.74) is -1.96. The van der Waals surface area contributed by atoms with E-state index in [1.54, 1.807) is 6.92 Å². The third-order valence-corrected chi connectivity index (χ3v) is 7.07. The van der Waals surface area contributed by atoms with E-state index >= 15 is 0 Å². The van der Waals surface area contributed by atoms with Gasteiger partial charge in [0.25, 0.3) is 0 Å². The van der Waals surface area contributed by atoms with Crippen molar-refractivity contribution in [2.75, 3.05) is 13.2 Å². The van der Waals surface area contributed by atoms with Crippen molar-refractivity contribution in [3.05, 3.63) is 0 Å². The monoisotopic (exact) mass is 394 g/mol. The minimum Gasteiger partial charge on any atom is -0.465 e. The van der Waals surface area contributed by atoms with E-state index in [9.17, 15) is 19.2 Å². The third kappa shape index (κ3) is 2.85. The topological polar surface area (TPSA) is 96.0 Å². The van der Waals surface area contributed by atoms with Gasteiger partial charge in [0.15, 0.2) is 0 Å². The van der Waals surface area contributed by atoms with E-state index in [-0.39, 0.29) is 49.1 Å². The van der Waals surface area contributed by atoms with Gasteiger partial charge in [-0.1, -0.05) is 20.8 Å². The number of hydrogen-bond donors (Lipinski definition) is 0. The standard InChI is InChI=1S/C21H30O7/c1-6-26-18(25)17-13(23)7-8-21(17)15(28-12(2)22)9-14(19(3,4)5)20(21)10-16(24)27-11-20/h14-15,17H,6-11H2,1-5H3/t14-,15-,17?,20-,21-/m0/s1. The molecule has 2 saturated carbocycles. The Hall–Kier alpha value is -1.92. The fourth-order valence-corrected chi connectivity index (χ4v) is 6.28. The van der Waals surface area contributed by atoms with E-state index in [0.717, 1.165) is 0 Å². The molecule has 1 saturated heterocycles. The van der Waals surface area contributed by atoms with Gasteiger partial charge in [-0.3, -0.25) is 19.2 Å². The van der Waals surface area contributed by atoms with Gasteiger partial charge in [0.05, 0.1) is 19.6 Å². The molecule has 3 aliphatic rings. The predicted molar refractivity (Wildman–Crippen MR) is 97.9 cm³/mol. The van der Waals surface area contributed by atoms with E-state index in [1.807, 2.05) is 0 Å². The molecule has 0 aromatic carbocycles. The number of ether oxygens (including phenoxy) is 3. The Morgan fingerprint density at radius 1 is 1.25 bits per heavy atom. The summed E-state index contributed by atoms with van der Waals surface area (Å²) in [6.07, 6.45) is 0.563. The van der Waals surface area contributed by atoms with Crippen molar-refractivity contribution in [3.8, 4) is 0 Å². The number of cyclic esters (lactones) is 1. The van der Waals surface area contributed by atoms with Crippen LogP contribution in [0.25, 0.3) is 0 Å². The number of fused-ring (bicyclic) bond motifs is 1. The molecule has 0 radical (unpaired) electrons. The van der Waals surface area contributed by atoms with Crippen molar-refractivity contribution in [2.24, 2.45) is 28.1 Å². The number of carbonyl (C=O) groups excluding carboxylic acids is 4. The molecule has 28 heavy (non-hydrogen) atoms. The highest BCUT2D eigenvalue weighted by Crippen LogP contribution is 2.71. The summed E-state index contributed by atoms with van der Waals surface area (Å²) < 4.78 is 16.4. The van der Waals surface area contributed by atoms with Gasteiger partial charge in [-0.05, 0) is 31.1 Å². The van der Waals surface area contributed by atoms with E-state index in [1.165, 1.54) is 6.92 Å². The van der Waals surface area contributed by atoms with Gasteiger partial charge in [0.2, 0.25) is 0 Å². The van der Waals surface area contributed by atoms with Gasteiger partial charge < -0.3 is 14.2 Å². The summed E-state index contributed by atoms with van der Waals surface area (Å²) in [5.74, 6) is -2.68. The lowest BCUT2D eigenvalue weighted by atomic mass is 9.53. The second kappa shape index (κ2) is 6.85. The van der Waals surface area contributed by atoms with Crippen LogP contribution in [0.15, 0.2) is 0 Å². The molecule has 0 aromatic rings. The summed E-state index contributed by atoms with van der Waals surface area (Å²) in [7, 11) is 0. The van der Waals surface area contributed by atoms with E-state index < -0.39 is 34.8 Å². The molecular formula is C21H30O7. The molecule has 3 rings (SSSR count). The molecule has 0 bridgehead atoms. The van der Waals surface area contributed by atoms with Gasteiger partial charge in [0, 0.05) is 24.2 Å². The van der Waals surface area contributed by atoms with Crippen LogP contribution < -0.4 is 0 Å². The quantitative estimate of drug-likeness (QED) is 0.412. The molecule has 2 spiro atoms. The zero-order valence-electron chi connectivity index (χ0n) is 17.3. The number of hydrogen-bond acceptors (Lipinski definition) is 7. The highest BCUT2D eigenvalue weighted by molar-refractivity contribution is 6.02. The summed E-state index contributed by atoms with van der Waals surface area (Å²) in [5, 5.41) is 0. The van der Waals surface area contributed by atoms with Crippen molar-refractivity contribution < 1.29 is 33.4 Å². The molecule has 156 valence electrons. The summed E-state index contributed by atoms with van der Waals surface area (Å²) in [4.78, 5) is 50.0. The Balaban J connectivity index is 2.22. The maximum absolute atomic E-state index is 12.9. The van der Waals surface area contributed by atoms with Gasteiger partial charge >= 0.3 is 17.9 Å². The molecule has 1 unspecified atom stereocenters. The zero-order valence-corrected chi connectivity index (χ0v) is 17.3. The van der Waals surface area contributed by atoms with Crippen LogP contribution in [-0.4, -0.2) is 43.0 Å². The predicted octanol–water partition coefficient (Wildman–Crippen LogP) is 2.45. The minimum absolute atomic E-state index is 0.0568. The maximum atomic E-state index is 12.9. The van der Waals surface area contributed by atoms with E-state index in [4.69, 9.17) is 14.2 Å². The maximum Gasteiger partial charge on any atom is 0.317 e. The lowest BCUT2D eigenvalue weighted by Crippen LogP contribution is -2.54. The number of rotatable bonds is 3. The van der Waals surface area contributed by atoms with Crippen LogP contribution in [0, 0.1) is 28.1 Å². The lowest BCUT2D eigenvalue weighted by molar-refractivity contribution is -0.175. The molecule has 3 fully saturated rings. The molecule has 1 heterocycles. The Morgan fingerprint density at radius 3 is 2.43 bits per heavy atom. The van der Waals surface area contributed by atoms with Crippen LogP contribution in [0.4, 0.5) is 0 Å². The molecule has 1 aliphatic heterocycles. The minimum atomic E-state index is -1.04. The molecule has 0 N–H and O–H groups in total. The lowest BCUT2D eigenvalue weighted by Gasteiger charge is -2.48. The number of esters is 3. The summed E-state index contributed by atoms with van der Waals surface area (Å²) in [6.45, 7) is 9.53. The van der Waals surface area contributed by atoms with Gasteiger partial charge in [-0.25, -0.2) is 0 Å². The number of carbonyl (C=O) groups is 4. The fraction of sp³-hybridized carbons (Fsp3) is 0.810. The van der Waals surface area contributed by atoms with E-state index in [0.29, 0.717) is 12.8 Å². The smallest absolute Gasteiger partial charge is 0.317 e. The second-order valence-electron chi connectivity index (χ2n) is 9.44. The first-order valence-corrected chi connectivity index (χ1v) is 10.0. The molecule has 0 amide bonds. The molecule has 7 nitrogen and oxygen atoms in total. The fourth-order valence-electron chi connectivity index (χ4n) is 6.28. The highest BCUT2D eigenvalue weighted by atomic mass is 16.6. The average Bonchev–Trinajstić information content (AvgIpc) is 3.19. The zero-order chi connectivity index (χ0) is 20.9. The van der Waals surface area contributed by atoms with Crippen molar-refractivity contribution in [3.63, 3.8) is 0 Å². The SMILES string of the molecule is CCOC(=O)C1C(=O)CC[C@]12[C@@H](OC(C)=O)C[C@@H](C(C)(C)C)[C@]21COC(=O)C1. The first-order chi connectivity index (χ1) is 13.0. The molecular weight excluding hydrogens is 364 g/mol. The van der Waals surface area contributed by atoms with Crippen molar-refractivity contribution in [2.45, 2.75) is 66.4 Å². The number of ketones is 1. The first-order valence-electron chi connectivity index (χ1n) is 10.0. The Morgan fingerprint density at radius 2 is 1.93 bits per heavy atom. The summed E-state index contributed by atoms with van der Waals surface area (Å²) >= 11 is 0. The van der Waals surface area contributed by atoms with Crippen molar-refractivity contribution in [1.29, 1.82) is 0 Å². The van der Waals surface area contributed by atoms with Crippen LogP contribution in [0.5, 0.6) is 0 Å². The normalized spacial score (nSPS) is 37.5. The number of Topliss-reactive ketones (excluding diaryl/α,β-unsaturated/α-hetero) is 1. The van der Waals surface area contributed by atoms with Gasteiger partial charge in [-0.2, -0.15) is 0 Å². The molecule has 7 heteroatoms. The van der Waals surface area contributed by atoms with Crippen LogP contribution in [-0.2, 0) is 33.4 Å². The van der Waals surface area contributed by atoms with Crippen LogP contribution >= 0.6 is 0 Å².